The van der Waals surface area contributed by atoms with Gasteiger partial charge in [0.2, 0.25) is 0 Å². The van der Waals surface area contributed by atoms with E-state index >= 15 is 0 Å². The van der Waals surface area contributed by atoms with Gasteiger partial charge in [-0.05, 0) is 31.1 Å². The molecule has 0 radical (unpaired) electrons. The number of nitrogens with zero attached hydrogens (tertiary/aromatic N) is 1. The van der Waals surface area contributed by atoms with Crippen molar-refractivity contribution in [1.29, 1.82) is 0 Å². The number of thioether (sulfide) groups is 1. The molecule has 0 aliphatic rings. The van der Waals surface area contributed by atoms with Crippen LogP contribution in [0.3, 0.4) is 0 Å². The van der Waals surface area contributed by atoms with Crippen molar-refractivity contribution >= 4 is 16.9 Å². The second kappa shape index (κ2) is 11.3. The molecule has 1 unspecified atom stereocenters. The average Bonchev–Trinajstić information content (AvgIpc) is 2.52. The first-order valence-electron chi connectivity index (χ1n) is 9.27. The van der Waals surface area contributed by atoms with Gasteiger partial charge in [0.15, 0.2) is 5.12 Å². The van der Waals surface area contributed by atoms with Crippen LogP contribution in [0.1, 0.15) is 59.8 Å². The minimum atomic E-state index is -0.361. The highest BCUT2D eigenvalue weighted by atomic mass is 32.2. The van der Waals surface area contributed by atoms with Crippen LogP contribution in [0.25, 0.3) is 0 Å². The first-order chi connectivity index (χ1) is 11.8. The molecular formula is C19H32N2O3S. The summed E-state index contributed by atoms with van der Waals surface area (Å²) in [6.45, 7) is 9.21. The van der Waals surface area contributed by atoms with Crippen LogP contribution in [0.2, 0.25) is 0 Å². The first-order valence-corrected chi connectivity index (χ1v) is 10.3. The third-order valence-corrected chi connectivity index (χ3v) is 5.35. The van der Waals surface area contributed by atoms with E-state index < -0.39 is 0 Å². The molecule has 1 atom stereocenters. The van der Waals surface area contributed by atoms with Crippen molar-refractivity contribution in [2.24, 2.45) is 17.8 Å². The molecule has 0 aliphatic carbocycles. The highest BCUT2D eigenvalue weighted by molar-refractivity contribution is 8.13. The van der Waals surface area contributed by atoms with Crippen LogP contribution in [0.4, 0.5) is 0 Å². The van der Waals surface area contributed by atoms with Crippen LogP contribution < -0.4 is 11.2 Å². The first kappa shape index (κ1) is 21.7. The molecule has 1 aromatic heterocycles. The van der Waals surface area contributed by atoms with E-state index in [1.807, 2.05) is 0 Å². The van der Waals surface area contributed by atoms with Crippen LogP contribution in [0.15, 0.2) is 21.9 Å². The molecule has 5 nitrogen and oxygen atoms in total. The minimum absolute atomic E-state index is 0.164. The maximum Gasteiger partial charge on any atom is 0.328 e. The quantitative estimate of drug-likeness (QED) is 0.605. The number of carbonyl (C=O) groups excluding carboxylic acids is 1. The maximum atomic E-state index is 12.4. The highest BCUT2D eigenvalue weighted by Gasteiger charge is 2.23. The molecule has 1 rings (SSSR count). The Balaban J connectivity index is 2.20. The summed E-state index contributed by atoms with van der Waals surface area (Å²) in [6, 6.07) is 1.37. The van der Waals surface area contributed by atoms with Crippen molar-refractivity contribution in [1.82, 2.24) is 9.55 Å². The van der Waals surface area contributed by atoms with Gasteiger partial charge in [-0.3, -0.25) is 14.6 Å². The Morgan fingerprint density at radius 3 is 2.40 bits per heavy atom. The highest BCUT2D eigenvalue weighted by Crippen LogP contribution is 2.26. The fourth-order valence-corrected chi connectivity index (χ4v) is 3.92. The number of aromatic nitrogens is 2. The molecule has 0 bridgehead atoms. The Bertz CT molecular complexity index is 634. The van der Waals surface area contributed by atoms with E-state index in [1.165, 1.54) is 28.6 Å². The number of aromatic amines is 1. The second-order valence-electron chi connectivity index (χ2n) is 7.37. The molecule has 1 heterocycles. The summed E-state index contributed by atoms with van der Waals surface area (Å²) in [5.74, 6) is 1.99. The van der Waals surface area contributed by atoms with E-state index in [9.17, 15) is 14.4 Å². The van der Waals surface area contributed by atoms with E-state index in [0.29, 0.717) is 23.5 Å². The van der Waals surface area contributed by atoms with Crippen LogP contribution >= 0.6 is 11.8 Å². The molecule has 0 saturated heterocycles. The van der Waals surface area contributed by atoms with Gasteiger partial charge in [0.05, 0.1) is 0 Å². The predicted molar refractivity (Wildman–Crippen MR) is 105 cm³/mol. The molecule has 1 N–H and O–H groups in total. The van der Waals surface area contributed by atoms with Crippen LogP contribution in [-0.2, 0) is 11.3 Å². The molecule has 0 saturated carbocycles. The third kappa shape index (κ3) is 8.56. The number of hydrogen-bond acceptors (Lipinski definition) is 4. The molecule has 0 aromatic carbocycles. The largest absolute Gasteiger partial charge is 0.328 e. The van der Waals surface area contributed by atoms with E-state index in [0.717, 1.165) is 37.9 Å². The van der Waals surface area contributed by atoms with Crippen molar-refractivity contribution in [3.8, 4) is 0 Å². The summed E-state index contributed by atoms with van der Waals surface area (Å²) in [5.41, 5.74) is -0.710. The van der Waals surface area contributed by atoms with Crippen molar-refractivity contribution < 1.29 is 4.79 Å². The fraction of sp³-hybridized carbons (Fsp3) is 0.737. The average molecular weight is 369 g/mol. The van der Waals surface area contributed by atoms with Crippen molar-refractivity contribution in [2.45, 2.75) is 66.3 Å². The summed E-state index contributed by atoms with van der Waals surface area (Å²) in [7, 11) is 0. The number of carbonyl (C=O) groups is 1. The van der Waals surface area contributed by atoms with Gasteiger partial charge in [0.1, 0.15) is 0 Å². The van der Waals surface area contributed by atoms with Crippen LogP contribution in [0.5, 0.6) is 0 Å². The number of nitrogens with one attached hydrogen (secondary N) is 1. The van der Waals surface area contributed by atoms with Crippen molar-refractivity contribution in [2.75, 3.05) is 5.75 Å². The standard InChI is InChI=1S/C19H32N2O3S/c1-14(2)13-16(15(3)4)18(23)25-12-8-6-5-7-10-21-11-9-17(22)20-19(21)24/h9,11,14-16H,5-8,10,12-13H2,1-4H3,(H,20,22,24). The molecule has 0 amide bonds. The van der Waals surface area contributed by atoms with Gasteiger partial charge >= 0.3 is 5.69 Å². The zero-order valence-electron chi connectivity index (χ0n) is 15.9. The fourth-order valence-electron chi connectivity index (χ4n) is 2.79. The SMILES string of the molecule is CC(C)CC(C(=O)SCCCCCCn1ccc(=O)[nH]c1=O)C(C)C. The van der Waals surface area contributed by atoms with Crippen LogP contribution in [-0.4, -0.2) is 20.4 Å². The summed E-state index contributed by atoms with van der Waals surface area (Å²) >= 11 is 1.48. The molecule has 25 heavy (non-hydrogen) atoms. The maximum absolute atomic E-state index is 12.4. The van der Waals surface area contributed by atoms with Gasteiger partial charge in [-0.25, -0.2) is 4.79 Å². The molecule has 0 aliphatic heterocycles. The summed E-state index contributed by atoms with van der Waals surface area (Å²) in [5, 5.41) is 0.337. The third-order valence-electron chi connectivity index (χ3n) is 4.27. The summed E-state index contributed by atoms with van der Waals surface area (Å²) in [4.78, 5) is 37.2. The Hall–Kier alpha value is -1.30. The smallest absolute Gasteiger partial charge is 0.301 e. The van der Waals surface area contributed by atoms with Gasteiger partial charge in [-0.15, -0.1) is 0 Å². The number of rotatable bonds is 11. The summed E-state index contributed by atoms with van der Waals surface area (Å²) < 4.78 is 1.53. The predicted octanol–water partition coefficient (Wildman–Crippen LogP) is 3.68. The minimum Gasteiger partial charge on any atom is -0.301 e. The molecule has 6 heteroatoms. The molecule has 1 aromatic rings. The Morgan fingerprint density at radius 1 is 1.12 bits per heavy atom. The lowest BCUT2D eigenvalue weighted by molar-refractivity contribution is -0.116. The molecule has 0 spiro atoms. The zero-order chi connectivity index (χ0) is 18.8. The lowest BCUT2D eigenvalue weighted by atomic mass is 9.89. The van der Waals surface area contributed by atoms with Crippen molar-refractivity contribution in [3.63, 3.8) is 0 Å². The number of unbranched alkanes of at least 4 members (excludes halogenated alkanes) is 3. The monoisotopic (exact) mass is 368 g/mol. The number of H-pyrrole nitrogens is 1. The number of hydrogen-bond donors (Lipinski definition) is 1. The Kier molecular flexibility index (Phi) is 9.86. The Labute approximate surface area is 154 Å². The molecular weight excluding hydrogens is 336 g/mol. The van der Waals surface area contributed by atoms with E-state index in [-0.39, 0.29) is 17.2 Å². The van der Waals surface area contributed by atoms with Gasteiger partial charge in [-0.2, -0.15) is 0 Å². The van der Waals surface area contributed by atoms with Crippen LogP contribution in [0, 0.1) is 17.8 Å². The Morgan fingerprint density at radius 2 is 1.80 bits per heavy atom. The normalized spacial score (nSPS) is 12.7. The van der Waals surface area contributed by atoms with Gasteiger partial charge in [-0.1, -0.05) is 52.3 Å². The van der Waals surface area contributed by atoms with Gasteiger partial charge in [0.25, 0.3) is 5.56 Å². The van der Waals surface area contributed by atoms with Crippen molar-refractivity contribution in [3.05, 3.63) is 33.1 Å². The van der Waals surface area contributed by atoms with Gasteiger partial charge in [0, 0.05) is 30.5 Å². The molecule has 0 fully saturated rings. The lowest BCUT2D eigenvalue weighted by Gasteiger charge is -2.20. The topological polar surface area (TPSA) is 71.9 Å². The van der Waals surface area contributed by atoms with E-state index in [2.05, 4.69) is 32.7 Å². The second-order valence-corrected chi connectivity index (χ2v) is 8.46. The van der Waals surface area contributed by atoms with E-state index in [4.69, 9.17) is 0 Å². The van der Waals surface area contributed by atoms with Gasteiger partial charge < -0.3 is 4.57 Å². The lowest BCUT2D eigenvalue weighted by Crippen LogP contribution is -2.28. The van der Waals surface area contributed by atoms with E-state index in [1.54, 1.807) is 0 Å². The number of aryl methyl sites for hydroxylation is 1. The molecule has 142 valence electrons. The zero-order valence-corrected chi connectivity index (χ0v) is 16.7. The summed E-state index contributed by atoms with van der Waals surface area (Å²) in [6.07, 6.45) is 6.48.